The maximum absolute atomic E-state index is 11.6. The fraction of sp³-hybridized carbons (Fsp3) is 0.211. The van der Waals surface area contributed by atoms with Crippen LogP contribution in [0.3, 0.4) is 0 Å². The summed E-state index contributed by atoms with van der Waals surface area (Å²) < 4.78 is 0. The number of rotatable bonds is 2. The second kappa shape index (κ2) is 5.43. The number of hydrogen-bond acceptors (Lipinski definition) is 2. The molecule has 4 rings (SSSR count). The van der Waals surface area contributed by atoms with Gasteiger partial charge in [-0.15, -0.1) is 0 Å². The predicted octanol–water partition coefficient (Wildman–Crippen LogP) is 4.86. The number of carboxylic acid groups (broad SMARTS) is 1. The second-order valence-corrected chi connectivity index (χ2v) is 6.48. The summed E-state index contributed by atoms with van der Waals surface area (Å²) in [6.45, 7) is 0. The Kier molecular flexibility index (Phi) is 3.38. The maximum atomic E-state index is 11.6. The summed E-state index contributed by atoms with van der Waals surface area (Å²) in [6.07, 6.45) is 5.21. The molecule has 0 bridgehead atoms. The highest BCUT2D eigenvalue weighted by atomic mass is 35.5. The molecule has 0 radical (unpaired) electrons. The first-order valence-corrected chi connectivity index (χ1v) is 8.08. The lowest BCUT2D eigenvalue weighted by Crippen LogP contribution is -2.30. The molecule has 3 atom stereocenters. The topological polar surface area (TPSA) is 49.3 Å². The average molecular weight is 326 g/mol. The molecule has 1 aliphatic carbocycles. The van der Waals surface area contributed by atoms with E-state index in [1.807, 2.05) is 18.2 Å². The van der Waals surface area contributed by atoms with Gasteiger partial charge in [0.05, 0.1) is 22.3 Å². The number of benzene rings is 2. The molecule has 2 aromatic rings. The fourth-order valence-electron chi connectivity index (χ4n) is 3.85. The number of fused-ring (bicyclic) bond motifs is 3. The van der Waals surface area contributed by atoms with Gasteiger partial charge in [-0.3, -0.25) is 0 Å². The minimum absolute atomic E-state index is 0.0845. The Balaban J connectivity index is 1.89. The standard InChI is InChI=1S/C19H16ClNO2/c20-15-10-9-14(19(22)23)16-12-7-4-8-13(12)17(21-18(15)16)11-5-2-1-3-6-11/h1-7,9-10,12-13,17,21H,8H2,(H,22,23)/t12?,13?,17-/m0/s1. The van der Waals surface area contributed by atoms with Crippen molar-refractivity contribution >= 4 is 23.3 Å². The Morgan fingerprint density at radius 1 is 1.17 bits per heavy atom. The number of anilines is 1. The largest absolute Gasteiger partial charge is 0.478 e. The van der Waals surface area contributed by atoms with E-state index >= 15 is 0 Å². The van der Waals surface area contributed by atoms with Gasteiger partial charge in [0.25, 0.3) is 0 Å². The summed E-state index contributed by atoms with van der Waals surface area (Å²) in [5.74, 6) is -0.514. The molecule has 23 heavy (non-hydrogen) atoms. The number of carbonyl (C=O) groups is 1. The molecule has 2 aromatic carbocycles. The molecule has 4 heteroatoms. The molecule has 3 nitrogen and oxygen atoms in total. The maximum Gasteiger partial charge on any atom is 0.336 e. The second-order valence-electron chi connectivity index (χ2n) is 6.07. The number of nitrogens with one attached hydrogen (secondary N) is 1. The molecule has 0 aromatic heterocycles. The van der Waals surface area contributed by atoms with Crippen LogP contribution in [0.1, 0.15) is 39.9 Å². The van der Waals surface area contributed by atoms with E-state index < -0.39 is 5.97 Å². The van der Waals surface area contributed by atoms with E-state index in [1.54, 1.807) is 12.1 Å². The first-order chi connectivity index (χ1) is 11.2. The fourth-order valence-corrected chi connectivity index (χ4v) is 4.07. The van der Waals surface area contributed by atoms with E-state index in [2.05, 4.69) is 29.6 Å². The lowest BCUT2D eigenvalue weighted by atomic mass is 9.75. The number of halogens is 1. The molecule has 116 valence electrons. The minimum atomic E-state index is -0.906. The zero-order valence-electron chi connectivity index (χ0n) is 12.4. The van der Waals surface area contributed by atoms with Gasteiger partial charge in [-0.25, -0.2) is 4.79 Å². The monoisotopic (exact) mass is 325 g/mol. The van der Waals surface area contributed by atoms with Crippen LogP contribution in [-0.4, -0.2) is 11.1 Å². The SMILES string of the molecule is O=C(O)c1ccc(Cl)c2c1C1C=CCC1[C@H](c1ccccc1)N2. The van der Waals surface area contributed by atoms with Crippen molar-refractivity contribution in [2.45, 2.75) is 18.4 Å². The summed E-state index contributed by atoms with van der Waals surface area (Å²) in [7, 11) is 0. The van der Waals surface area contributed by atoms with Gasteiger partial charge in [0, 0.05) is 5.92 Å². The lowest BCUT2D eigenvalue weighted by molar-refractivity contribution is 0.0695. The summed E-state index contributed by atoms with van der Waals surface area (Å²) in [6, 6.07) is 13.7. The normalized spacial score (nSPS) is 24.7. The average Bonchev–Trinajstić information content (AvgIpc) is 3.05. The Bertz CT molecular complexity index is 801. The molecule has 0 saturated heterocycles. The molecule has 2 aliphatic rings. The third-order valence-corrected chi connectivity index (χ3v) is 5.17. The van der Waals surface area contributed by atoms with Crippen molar-refractivity contribution in [2.75, 3.05) is 5.32 Å². The van der Waals surface area contributed by atoms with E-state index in [1.165, 1.54) is 5.56 Å². The molecule has 0 saturated carbocycles. The van der Waals surface area contributed by atoms with Gasteiger partial charge in [-0.2, -0.15) is 0 Å². The molecule has 1 heterocycles. The lowest BCUT2D eigenvalue weighted by Gasteiger charge is -2.38. The van der Waals surface area contributed by atoms with Crippen molar-refractivity contribution in [3.63, 3.8) is 0 Å². The van der Waals surface area contributed by atoms with Crippen LogP contribution in [0.2, 0.25) is 5.02 Å². The van der Waals surface area contributed by atoms with Crippen molar-refractivity contribution in [3.8, 4) is 0 Å². The number of carboxylic acids is 1. The molecular formula is C19H16ClNO2. The first-order valence-electron chi connectivity index (χ1n) is 7.70. The van der Waals surface area contributed by atoms with Crippen LogP contribution in [0.25, 0.3) is 0 Å². The molecule has 0 spiro atoms. The van der Waals surface area contributed by atoms with Crippen LogP contribution in [0.15, 0.2) is 54.6 Å². The van der Waals surface area contributed by atoms with Crippen molar-refractivity contribution in [1.29, 1.82) is 0 Å². The molecule has 2 unspecified atom stereocenters. The highest BCUT2D eigenvalue weighted by molar-refractivity contribution is 6.33. The smallest absolute Gasteiger partial charge is 0.336 e. The number of aromatic carboxylic acids is 1. The third-order valence-electron chi connectivity index (χ3n) is 4.86. The Morgan fingerprint density at radius 3 is 2.70 bits per heavy atom. The van der Waals surface area contributed by atoms with Crippen molar-refractivity contribution < 1.29 is 9.90 Å². The van der Waals surface area contributed by atoms with E-state index in [4.69, 9.17) is 11.6 Å². The van der Waals surface area contributed by atoms with E-state index in [0.29, 0.717) is 16.5 Å². The van der Waals surface area contributed by atoms with Crippen LogP contribution >= 0.6 is 11.6 Å². The minimum Gasteiger partial charge on any atom is -0.478 e. The number of hydrogen-bond donors (Lipinski definition) is 2. The van der Waals surface area contributed by atoms with Crippen molar-refractivity contribution in [3.05, 3.63) is 76.3 Å². The van der Waals surface area contributed by atoms with Gasteiger partial charge >= 0.3 is 5.97 Å². The zero-order chi connectivity index (χ0) is 16.0. The van der Waals surface area contributed by atoms with E-state index in [-0.39, 0.29) is 12.0 Å². The molecule has 2 N–H and O–H groups in total. The Morgan fingerprint density at radius 2 is 1.96 bits per heavy atom. The summed E-state index contributed by atoms with van der Waals surface area (Å²) in [5, 5.41) is 13.6. The number of allylic oxidation sites excluding steroid dienone is 2. The predicted molar refractivity (Wildman–Crippen MR) is 91.2 cm³/mol. The summed E-state index contributed by atoms with van der Waals surface area (Å²) in [5.41, 5.74) is 3.11. The quantitative estimate of drug-likeness (QED) is 0.775. The first kappa shape index (κ1) is 14.3. The molecule has 0 fully saturated rings. The van der Waals surface area contributed by atoms with Crippen LogP contribution < -0.4 is 5.32 Å². The van der Waals surface area contributed by atoms with Gasteiger partial charge in [0.1, 0.15) is 0 Å². The molecule has 1 aliphatic heterocycles. The van der Waals surface area contributed by atoms with Gasteiger partial charge in [-0.1, -0.05) is 54.1 Å². The van der Waals surface area contributed by atoms with Gasteiger partial charge in [0.2, 0.25) is 0 Å². The summed E-state index contributed by atoms with van der Waals surface area (Å²) in [4.78, 5) is 11.6. The third kappa shape index (κ3) is 2.23. The highest BCUT2D eigenvalue weighted by Gasteiger charge is 2.40. The van der Waals surface area contributed by atoms with E-state index in [0.717, 1.165) is 17.7 Å². The van der Waals surface area contributed by atoms with Crippen LogP contribution in [0.5, 0.6) is 0 Å². The van der Waals surface area contributed by atoms with Crippen LogP contribution in [-0.2, 0) is 0 Å². The Hall–Kier alpha value is -2.26. The van der Waals surface area contributed by atoms with Crippen LogP contribution in [0.4, 0.5) is 5.69 Å². The van der Waals surface area contributed by atoms with Crippen molar-refractivity contribution in [2.24, 2.45) is 5.92 Å². The Labute approximate surface area is 139 Å². The van der Waals surface area contributed by atoms with Crippen molar-refractivity contribution in [1.82, 2.24) is 0 Å². The molecule has 0 amide bonds. The van der Waals surface area contributed by atoms with Crippen LogP contribution in [0, 0.1) is 5.92 Å². The van der Waals surface area contributed by atoms with Gasteiger partial charge < -0.3 is 10.4 Å². The van der Waals surface area contributed by atoms with Gasteiger partial charge in [0.15, 0.2) is 0 Å². The van der Waals surface area contributed by atoms with Gasteiger partial charge in [-0.05, 0) is 35.6 Å². The summed E-state index contributed by atoms with van der Waals surface area (Å²) >= 11 is 6.38. The van der Waals surface area contributed by atoms with E-state index in [9.17, 15) is 9.90 Å². The highest BCUT2D eigenvalue weighted by Crippen LogP contribution is 2.52. The zero-order valence-corrected chi connectivity index (χ0v) is 13.1. The molecular weight excluding hydrogens is 310 g/mol.